The molecule has 0 aromatic heterocycles. The number of nitro groups is 1. The molecular formula is C17H26N4O3S. The second kappa shape index (κ2) is 9.50. The molecule has 0 aliphatic heterocycles. The van der Waals surface area contributed by atoms with Crippen LogP contribution in [0.1, 0.15) is 38.2 Å². The van der Waals surface area contributed by atoms with Gasteiger partial charge in [-0.25, -0.2) is 0 Å². The van der Waals surface area contributed by atoms with Gasteiger partial charge < -0.3 is 10.6 Å². The van der Waals surface area contributed by atoms with E-state index in [1.54, 1.807) is 25.2 Å². The Labute approximate surface area is 150 Å². The van der Waals surface area contributed by atoms with E-state index in [-0.39, 0.29) is 21.9 Å². The summed E-state index contributed by atoms with van der Waals surface area (Å²) in [6.07, 6.45) is 3.95. The molecule has 0 spiro atoms. The lowest BCUT2D eigenvalue weighted by Crippen LogP contribution is -2.46. The van der Waals surface area contributed by atoms with Gasteiger partial charge in [-0.3, -0.25) is 19.3 Å². The summed E-state index contributed by atoms with van der Waals surface area (Å²) in [5.41, 5.74) is 0.714. The number of guanidine groups is 1. The normalized spacial score (nSPS) is 22.2. The molecule has 3 atom stereocenters. The van der Waals surface area contributed by atoms with E-state index in [1.165, 1.54) is 6.07 Å². The van der Waals surface area contributed by atoms with E-state index < -0.39 is 10.8 Å². The molecule has 7 nitrogen and oxygen atoms in total. The van der Waals surface area contributed by atoms with Crippen LogP contribution in [0, 0.1) is 10.1 Å². The van der Waals surface area contributed by atoms with Crippen molar-refractivity contribution in [3.63, 3.8) is 0 Å². The van der Waals surface area contributed by atoms with Crippen molar-refractivity contribution in [1.82, 2.24) is 10.6 Å². The lowest BCUT2D eigenvalue weighted by molar-refractivity contribution is -0.385. The average molecular weight is 366 g/mol. The molecule has 0 amide bonds. The summed E-state index contributed by atoms with van der Waals surface area (Å²) in [6.45, 7) is 2.29. The molecule has 138 valence electrons. The van der Waals surface area contributed by atoms with E-state index in [9.17, 15) is 14.3 Å². The maximum atomic E-state index is 12.1. The molecule has 1 aromatic carbocycles. The van der Waals surface area contributed by atoms with Crippen LogP contribution in [0.5, 0.6) is 0 Å². The topological polar surface area (TPSA) is 96.6 Å². The Balaban J connectivity index is 1.93. The van der Waals surface area contributed by atoms with Crippen LogP contribution in [0.4, 0.5) is 5.69 Å². The molecule has 0 radical (unpaired) electrons. The zero-order valence-electron chi connectivity index (χ0n) is 14.7. The van der Waals surface area contributed by atoms with Crippen molar-refractivity contribution in [1.29, 1.82) is 0 Å². The lowest BCUT2D eigenvalue weighted by Gasteiger charge is -2.30. The number of para-hydroxylation sites is 1. The van der Waals surface area contributed by atoms with Gasteiger partial charge in [0.2, 0.25) is 0 Å². The Morgan fingerprint density at radius 1 is 1.40 bits per heavy atom. The number of nitrogens with zero attached hydrogens (tertiary/aromatic N) is 2. The fourth-order valence-corrected chi connectivity index (χ4v) is 4.50. The van der Waals surface area contributed by atoms with Gasteiger partial charge in [0.15, 0.2) is 5.96 Å². The van der Waals surface area contributed by atoms with Gasteiger partial charge in [0, 0.05) is 53.1 Å². The van der Waals surface area contributed by atoms with E-state index in [4.69, 9.17) is 0 Å². The molecule has 0 bridgehead atoms. The zero-order valence-corrected chi connectivity index (χ0v) is 15.6. The molecule has 2 N–H and O–H groups in total. The van der Waals surface area contributed by atoms with Crippen molar-refractivity contribution < 1.29 is 9.13 Å². The van der Waals surface area contributed by atoms with Crippen LogP contribution >= 0.6 is 0 Å². The molecule has 1 fully saturated rings. The molecular weight excluding hydrogens is 340 g/mol. The summed E-state index contributed by atoms with van der Waals surface area (Å²) in [5.74, 6) is 1.31. The molecule has 8 heteroatoms. The summed E-state index contributed by atoms with van der Waals surface area (Å²) >= 11 is 0. The zero-order chi connectivity index (χ0) is 18.2. The van der Waals surface area contributed by atoms with Gasteiger partial charge in [-0.15, -0.1) is 0 Å². The molecule has 2 rings (SSSR count). The van der Waals surface area contributed by atoms with Crippen LogP contribution < -0.4 is 10.6 Å². The number of aliphatic imine (C=N–C) groups is 1. The Morgan fingerprint density at radius 3 is 2.84 bits per heavy atom. The first-order chi connectivity index (χ1) is 12.0. The second-order valence-corrected chi connectivity index (χ2v) is 8.12. The maximum absolute atomic E-state index is 12.1. The van der Waals surface area contributed by atoms with Crippen molar-refractivity contribution in [3.8, 4) is 0 Å². The molecule has 0 saturated heterocycles. The highest BCUT2D eigenvalue weighted by atomic mass is 32.2. The minimum atomic E-state index is -0.768. The largest absolute Gasteiger partial charge is 0.354 e. The molecule has 3 unspecified atom stereocenters. The molecule has 1 aliphatic carbocycles. The van der Waals surface area contributed by atoms with Gasteiger partial charge in [0.25, 0.3) is 5.69 Å². The van der Waals surface area contributed by atoms with Crippen LogP contribution in [-0.4, -0.2) is 39.2 Å². The highest BCUT2D eigenvalue weighted by molar-refractivity contribution is 7.85. The summed E-state index contributed by atoms with van der Waals surface area (Å²) in [7, 11) is 0.912. The first-order valence-corrected chi connectivity index (χ1v) is 10.00. The van der Waals surface area contributed by atoms with Crippen molar-refractivity contribution in [3.05, 3.63) is 39.9 Å². The van der Waals surface area contributed by atoms with E-state index >= 15 is 0 Å². The number of nitrogens with one attached hydrogen (secondary N) is 2. The predicted molar refractivity (Wildman–Crippen MR) is 101 cm³/mol. The standard InChI is InChI=1S/C17H26N4O3S/c1-3-25(24)15-9-6-8-14(11-15)20-17(18-2)19-12-13-7-4-5-10-16(13)21(22)23/h4-5,7,10,14-15H,3,6,8-9,11-12H2,1-2H3,(H2,18,19,20). The van der Waals surface area contributed by atoms with E-state index in [1.807, 2.05) is 6.92 Å². The van der Waals surface area contributed by atoms with Crippen molar-refractivity contribution in [2.75, 3.05) is 12.8 Å². The Morgan fingerprint density at radius 2 is 2.16 bits per heavy atom. The summed E-state index contributed by atoms with van der Waals surface area (Å²) < 4.78 is 12.1. The highest BCUT2D eigenvalue weighted by Crippen LogP contribution is 2.23. The van der Waals surface area contributed by atoms with Gasteiger partial charge in [-0.05, 0) is 19.3 Å². The van der Waals surface area contributed by atoms with Gasteiger partial charge >= 0.3 is 0 Å². The van der Waals surface area contributed by atoms with Crippen LogP contribution in [-0.2, 0) is 17.3 Å². The van der Waals surface area contributed by atoms with Crippen molar-refractivity contribution >= 4 is 22.4 Å². The lowest BCUT2D eigenvalue weighted by atomic mass is 9.95. The molecule has 1 aromatic rings. The highest BCUT2D eigenvalue weighted by Gasteiger charge is 2.26. The number of hydrogen-bond acceptors (Lipinski definition) is 4. The maximum Gasteiger partial charge on any atom is 0.274 e. The molecule has 0 heterocycles. The Hall–Kier alpha value is -1.96. The third-order valence-corrected chi connectivity index (χ3v) is 6.22. The van der Waals surface area contributed by atoms with Crippen LogP contribution in [0.15, 0.2) is 29.3 Å². The van der Waals surface area contributed by atoms with E-state index in [0.717, 1.165) is 25.7 Å². The molecule has 1 saturated carbocycles. The average Bonchev–Trinajstić information content (AvgIpc) is 2.64. The van der Waals surface area contributed by atoms with Gasteiger partial charge in [0.05, 0.1) is 4.92 Å². The number of rotatable bonds is 6. The van der Waals surface area contributed by atoms with Gasteiger partial charge in [0.1, 0.15) is 0 Å². The Kier molecular flexibility index (Phi) is 7.36. The second-order valence-electron chi connectivity index (χ2n) is 6.11. The van der Waals surface area contributed by atoms with Gasteiger partial charge in [-0.2, -0.15) is 0 Å². The smallest absolute Gasteiger partial charge is 0.274 e. The van der Waals surface area contributed by atoms with Gasteiger partial charge in [-0.1, -0.05) is 31.5 Å². The van der Waals surface area contributed by atoms with Crippen molar-refractivity contribution in [2.24, 2.45) is 4.99 Å². The number of benzene rings is 1. The van der Waals surface area contributed by atoms with E-state index in [0.29, 0.717) is 23.8 Å². The summed E-state index contributed by atoms with van der Waals surface area (Å²) in [6, 6.07) is 6.90. The predicted octanol–water partition coefficient (Wildman–Crippen LogP) is 2.34. The molecule has 1 aliphatic rings. The number of nitro benzene ring substituents is 1. The minimum absolute atomic E-state index is 0.0986. The SMILES string of the molecule is CCS(=O)C1CCCC(NC(=NC)NCc2ccccc2[N+](=O)[O-])C1. The first kappa shape index (κ1) is 19.4. The van der Waals surface area contributed by atoms with Crippen molar-refractivity contribution in [2.45, 2.75) is 50.4 Å². The third kappa shape index (κ3) is 5.52. The van der Waals surface area contributed by atoms with E-state index in [2.05, 4.69) is 15.6 Å². The fraction of sp³-hybridized carbons (Fsp3) is 0.588. The van der Waals surface area contributed by atoms with Crippen LogP contribution in [0.2, 0.25) is 0 Å². The first-order valence-electron chi connectivity index (χ1n) is 8.61. The Bertz CT molecular complexity index is 651. The quantitative estimate of drug-likeness (QED) is 0.349. The third-order valence-electron chi connectivity index (χ3n) is 4.48. The monoisotopic (exact) mass is 366 g/mol. The van der Waals surface area contributed by atoms with Crippen LogP contribution in [0.25, 0.3) is 0 Å². The molecule has 25 heavy (non-hydrogen) atoms. The van der Waals surface area contributed by atoms with Crippen LogP contribution in [0.3, 0.4) is 0 Å². The number of hydrogen-bond donors (Lipinski definition) is 2. The fourth-order valence-electron chi connectivity index (χ4n) is 3.16. The minimum Gasteiger partial charge on any atom is -0.354 e. The summed E-state index contributed by atoms with van der Waals surface area (Å²) in [4.78, 5) is 14.9. The summed E-state index contributed by atoms with van der Waals surface area (Å²) in [5, 5.41) is 17.8.